The lowest BCUT2D eigenvalue weighted by molar-refractivity contribution is 0.492. The van der Waals surface area contributed by atoms with E-state index in [-0.39, 0.29) is 28.4 Å². The molecule has 2 aromatic heterocycles. The molecule has 2 aliphatic rings. The van der Waals surface area contributed by atoms with Crippen LogP contribution in [-0.4, -0.2) is 26.1 Å². The van der Waals surface area contributed by atoms with Crippen molar-refractivity contribution in [2.45, 2.75) is 99.8 Å². The van der Waals surface area contributed by atoms with Crippen molar-refractivity contribution < 1.29 is 0 Å². The van der Waals surface area contributed by atoms with Crippen molar-refractivity contribution >= 4 is 21.8 Å². The van der Waals surface area contributed by atoms with E-state index in [1.165, 1.54) is 67.0 Å². The number of benzene rings is 4. The van der Waals surface area contributed by atoms with Gasteiger partial charge in [0.25, 0.3) is 0 Å². The first kappa shape index (κ1) is 39.5. The fourth-order valence-corrected chi connectivity index (χ4v) is 7.59. The highest BCUT2D eigenvalue weighted by atomic mass is 31.0. The number of nitrogens with zero attached hydrogens (tertiary/aromatic N) is 5. The van der Waals surface area contributed by atoms with Crippen LogP contribution in [0.15, 0.2) is 97.3 Å². The molecule has 53 heavy (non-hydrogen) atoms. The van der Waals surface area contributed by atoms with Crippen LogP contribution in [0, 0.1) is 27.7 Å². The molecule has 4 heterocycles. The number of nitrogens with one attached hydrogen (secondary N) is 1. The number of aromatic nitrogens is 4. The second kappa shape index (κ2) is 15.4. The van der Waals surface area contributed by atoms with Crippen molar-refractivity contribution in [2.24, 2.45) is 0 Å². The molecule has 1 atom stereocenters. The largest absolute Gasteiger partial charge is 0.347 e. The maximum absolute atomic E-state index is 4.83. The number of hydrogen-bond acceptors (Lipinski definition) is 4. The predicted molar refractivity (Wildman–Crippen MR) is 230 cm³/mol. The summed E-state index contributed by atoms with van der Waals surface area (Å²) in [4.78, 5) is 11.8. The van der Waals surface area contributed by atoms with Crippen molar-refractivity contribution in [3.05, 3.63) is 142 Å². The van der Waals surface area contributed by atoms with Gasteiger partial charge in [-0.05, 0) is 125 Å². The summed E-state index contributed by atoms with van der Waals surface area (Å²) in [7, 11) is 2.15. The lowest BCUT2D eigenvalue weighted by atomic mass is 9.92. The Labute approximate surface area is 321 Å². The number of aryl methyl sites for hydroxylation is 6. The highest BCUT2D eigenvalue weighted by Gasteiger charge is 2.31. The Morgan fingerprint density at radius 3 is 1.62 bits per heavy atom. The van der Waals surface area contributed by atoms with E-state index in [4.69, 9.17) is 9.97 Å². The first-order valence-corrected chi connectivity index (χ1v) is 18.3. The minimum Gasteiger partial charge on any atom is -0.347 e. The Hall–Kier alpha value is -4.67. The van der Waals surface area contributed by atoms with Crippen molar-refractivity contribution in [3.63, 3.8) is 0 Å². The third-order valence-electron chi connectivity index (χ3n) is 11.4. The molecule has 4 aromatic carbocycles. The first-order valence-electron chi connectivity index (χ1n) is 18.3. The van der Waals surface area contributed by atoms with Gasteiger partial charge in [0.15, 0.2) is 0 Å². The second-order valence-corrected chi connectivity index (χ2v) is 15.5. The molecule has 0 aliphatic carbocycles. The minimum atomic E-state index is -0.174. The van der Waals surface area contributed by atoms with E-state index in [1.54, 1.807) is 0 Å². The molecular weight excluding hydrogens is 668 g/mol. The van der Waals surface area contributed by atoms with Gasteiger partial charge >= 0.3 is 0 Å². The molecule has 1 N–H and O–H groups in total. The molecule has 2 aliphatic heterocycles. The maximum Gasteiger partial charge on any atom is 0.206 e. The second-order valence-electron chi connectivity index (χ2n) is 15.5. The molecule has 0 amide bonds. The average molecular weight is 727 g/mol. The third kappa shape index (κ3) is 7.44. The lowest BCUT2D eigenvalue weighted by Crippen LogP contribution is -2.40. The quantitative estimate of drug-likeness (QED) is 0.174. The molecule has 0 fully saturated rings. The van der Waals surface area contributed by atoms with Gasteiger partial charge in [0, 0.05) is 31.3 Å². The van der Waals surface area contributed by atoms with Crippen molar-refractivity contribution in [2.75, 3.05) is 17.3 Å². The van der Waals surface area contributed by atoms with Gasteiger partial charge in [-0.25, -0.2) is 9.97 Å². The molecular formula is C46H59N6P. The average Bonchev–Trinajstić information content (AvgIpc) is 3.74. The zero-order valence-corrected chi connectivity index (χ0v) is 33.9. The Balaban J connectivity index is 0.000000197. The maximum atomic E-state index is 4.83. The van der Waals surface area contributed by atoms with E-state index < -0.39 is 0 Å². The minimum absolute atomic E-state index is 0. The zero-order valence-electron chi connectivity index (χ0n) is 32.5. The summed E-state index contributed by atoms with van der Waals surface area (Å²) in [6.07, 6.45) is 6.17. The van der Waals surface area contributed by atoms with Crippen molar-refractivity contribution in [1.29, 1.82) is 0 Å². The monoisotopic (exact) mass is 726 g/mol. The van der Waals surface area contributed by atoms with Gasteiger partial charge in [-0.1, -0.05) is 80.2 Å². The smallest absolute Gasteiger partial charge is 0.206 e. The topological polar surface area (TPSA) is 50.9 Å². The molecule has 278 valence electrons. The summed E-state index contributed by atoms with van der Waals surface area (Å²) in [5, 5.41) is 3.65. The summed E-state index contributed by atoms with van der Waals surface area (Å²) in [6, 6.07) is 30.5. The van der Waals surface area contributed by atoms with Crippen LogP contribution in [0.4, 0.5) is 11.9 Å². The third-order valence-corrected chi connectivity index (χ3v) is 11.4. The summed E-state index contributed by atoms with van der Waals surface area (Å²) in [5.41, 5.74) is 15.7. The normalized spacial score (nSPS) is 12.8. The first-order chi connectivity index (χ1) is 24.3. The van der Waals surface area contributed by atoms with Gasteiger partial charge in [0.05, 0.1) is 34.9 Å². The number of imidazole rings is 2. The van der Waals surface area contributed by atoms with E-state index >= 15 is 0 Å². The van der Waals surface area contributed by atoms with Gasteiger partial charge in [0.1, 0.15) is 0 Å². The van der Waals surface area contributed by atoms with Crippen LogP contribution >= 0.6 is 9.90 Å². The molecule has 0 saturated heterocycles. The van der Waals surface area contributed by atoms with Crippen molar-refractivity contribution in [1.82, 2.24) is 19.1 Å². The van der Waals surface area contributed by atoms with E-state index in [1.807, 2.05) is 12.4 Å². The van der Waals surface area contributed by atoms with Gasteiger partial charge in [0.2, 0.25) is 11.9 Å². The number of hydrogen-bond donors (Lipinski definition) is 1. The van der Waals surface area contributed by atoms with Crippen molar-refractivity contribution in [3.8, 4) is 22.5 Å². The van der Waals surface area contributed by atoms with E-state index in [2.05, 4.69) is 167 Å². The molecule has 6 aromatic rings. The summed E-state index contributed by atoms with van der Waals surface area (Å²) in [6.45, 7) is 19.6. The summed E-state index contributed by atoms with van der Waals surface area (Å²) >= 11 is 0. The Morgan fingerprint density at radius 2 is 1.08 bits per heavy atom. The van der Waals surface area contributed by atoms with Gasteiger partial charge in [-0.2, -0.15) is 9.90 Å². The van der Waals surface area contributed by atoms with Crippen LogP contribution in [0.2, 0.25) is 0 Å². The Bertz CT molecular complexity index is 2190. The highest BCUT2D eigenvalue weighted by molar-refractivity contribution is 6.92. The summed E-state index contributed by atoms with van der Waals surface area (Å²) in [5.74, 6) is 1.99. The molecule has 0 saturated carbocycles. The number of rotatable bonds is 6. The van der Waals surface area contributed by atoms with Gasteiger partial charge in [-0.15, -0.1) is 0 Å². The lowest BCUT2D eigenvalue weighted by Gasteiger charge is -2.38. The fraction of sp³-hybridized carbons (Fsp3) is 0.348. The van der Waals surface area contributed by atoms with Crippen LogP contribution in [0.1, 0.15) is 79.6 Å². The molecule has 7 heteroatoms. The van der Waals surface area contributed by atoms with Gasteiger partial charge < -0.3 is 19.4 Å². The SMILES string of the molecule is C.Cc1cc2c(cc1C)-c1cnc(N(C)C(C)(C)c3ccccc3)n1CC2.Cc1cc2c(cc1C)-c1cnc(NC(C)(C)c3ccccc3)n1CC2.P. The Morgan fingerprint density at radius 1 is 0.623 bits per heavy atom. The predicted octanol–water partition coefficient (Wildman–Crippen LogP) is 10.9. The van der Waals surface area contributed by atoms with Crippen LogP contribution < -0.4 is 10.2 Å². The fourth-order valence-electron chi connectivity index (χ4n) is 7.59. The van der Waals surface area contributed by atoms with Crippen LogP contribution in [-0.2, 0) is 37.0 Å². The zero-order chi connectivity index (χ0) is 36.1. The van der Waals surface area contributed by atoms with Crippen LogP contribution in [0.5, 0.6) is 0 Å². The van der Waals surface area contributed by atoms with E-state index in [0.717, 1.165) is 37.8 Å². The molecule has 0 radical (unpaired) electrons. The molecule has 0 spiro atoms. The van der Waals surface area contributed by atoms with Gasteiger partial charge in [-0.3, -0.25) is 0 Å². The van der Waals surface area contributed by atoms with E-state index in [9.17, 15) is 0 Å². The number of fused-ring (bicyclic) bond motifs is 6. The summed E-state index contributed by atoms with van der Waals surface area (Å²) < 4.78 is 4.70. The van der Waals surface area contributed by atoms with Crippen LogP contribution in [0.3, 0.4) is 0 Å². The molecule has 0 bridgehead atoms. The molecule has 8 rings (SSSR count). The Kier molecular flexibility index (Phi) is 11.5. The van der Waals surface area contributed by atoms with Crippen LogP contribution in [0.25, 0.3) is 22.5 Å². The standard InChI is InChI=1S/C23H27N3.C22H25N3.CH4.H3P/c1-16-13-18-11-12-26-21(20(18)14-17(16)2)15-24-22(26)25(5)23(3,4)19-9-7-6-8-10-19;1-15-12-17-10-11-25-20(19(17)13-16(15)2)14-23-21(25)24-22(3,4)18-8-6-5-7-9-18;;/h6-10,13-15H,11-12H2,1-5H3;5-9,12-14H,10-11H2,1-4H3,(H,23,24);1H4;1H3. The molecule has 1 unspecified atom stereocenters. The highest BCUT2D eigenvalue weighted by Crippen LogP contribution is 2.38. The number of anilines is 2. The molecule has 6 nitrogen and oxygen atoms in total. The van der Waals surface area contributed by atoms with E-state index in [0.29, 0.717) is 0 Å².